The highest BCUT2D eigenvalue weighted by Gasteiger charge is 2.16. The van der Waals surface area contributed by atoms with Crippen molar-refractivity contribution in [3.8, 4) is 0 Å². The molecule has 186 valence electrons. The summed E-state index contributed by atoms with van der Waals surface area (Å²) in [5, 5.41) is 0. The lowest BCUT2D eigenvalue weighted by Crippen LogP contribution is -2.29. The SMILES string of the molecule is CCC(=C(c1ccccc1)c1ccc(C=CC(=O)NS(=O)(=O)c2cccc(C)c2)cc1)c1ccccc1. The van der Waals surface area contributed by atoms with Crippen molar-refractivity contribution in [3.05, 3.63) is 143 Å². The number of sulfonamides is 1. The maximum absolute atomic E-state index is 12.5. The molecular formula is C32H29NO3S. The summed E-state index contributed by atoms with van der Waals surface area (Å²) in [5.41, 5.74) is 7.37. The molecule has 0 spiro atoms. The molecule has 0 bridgehead atoms. The lowest BCUT2D eigenvalue weighted by atomic mass is 9.88. The van der Waals surface area contributed by atoms with Gasteiger partial charge >= 0.3 is 0 Å². The zero-order chi connectivity index (χ0) is 26.3. The Labute approximate surface area is 219 Å². The van der Waals surface area contributed by atoms with Crippen molar-refractivity contribution in [1.29, 1.82) is 0 Å². The van der Waals surface area contributed by atoms with Gasteiger partial charge in [-0.15, -0.1) is 0 Å². The number of aryl methyl sites for hydroxylation is 1. The van der Waals surface area contributed by atoms with Crippen molar-refractivity contribution in [2.45, 2.75) is 25.2 Å². The fraction of sp³-hybridized carbons (Fsp3) is 0.0938. The number of amides is 1. The summed E-state index contributed by atoms with van der Waals surface area (Å²) >= 11 is 0. The lowest BCUT2D eigenvalue weighted by molar-refractivity contribution is -0.114. The Morgan fingerprint density at radius 1 is 0.757 bits per heavy atom. The molecule has 0 heterocycles. The molecule has 4 aromatic rings. The van der Waals surface area contributed by atoms with E-state index in [1.54, 1.807) is 25.1 Å². The third kappa shape index (κ3) is 6.51. The Hall–Kier alpha value is -4.22. The molecule has 0 saturated heterocycles. The minimum atomic E-state index is -3.93. The fourth-order valence-corrected chi connectivity index (χ4v) is 5.27. The van der Waals surface area contributed by atoms with Gasteiger partial charge in [-0.05, 0) is 70.5 Å². The Kier molecular flexibility index (Phi) is 8.16. The van der Waals surface area contributed by atoms with Crippen molar-refractivity contribution < 1.29 is 13.2 Å². The van der Waals surface area contributed by atoms with Crippen LogP contribution in [0.2, 0.25) is 0 Å². The predicted octanol–water partition coefficient (Wildman–Crippen LogP) is 6.88. The number of hydrogen-bond donors (Lipinski definition) is 1. The first-order chi connectivity index (χ1) is 17.9. The average molecular weight is 508 g/mol. The molecule has 0 unspecified atom stereocenters. The van der Waals surface area contributed by atoms with Crippen molar-refractivity contribution in [1.82, 2.24) is 4.72 Å². The molecule has 1 amide bonds. The Bertz CT molecular complexity index is 1540. The van der Waals surface area contributed by atoms with Crippen molar-refractivity contribution in [2.75, 3.05) is 0 Å². The third-order valence-corrected chi connectivity index (χ3v) is 7.35. The second-order valence-electron chi connectivity index (χ2n) is 8.68. The minimum Gasteiger partial charge on any atom is -0.269 e. The smallest absolute Gasteiger partial charge is 0.264 e. The second kappa shape index (κ2) is 11.7. The summed E-state index contributed by atoms with van der Waals surface area (Å²) in [4.78, 5) is 12.4. The van der Waals surface area contributed by atoms with E-state index >= 15 is 0 Å². The summed E-state index contributed by atoms with van der Waals surface area (Å²) < 4.78 is 27.1. The van der Waals surface area contributed by atoms with Gasteiger partial charge in [0.15, 0.2) is 0 Å². The molecule has 4 aromatic carbocycles. The molecule has 0 atom stereocenters. The largest absolute Gasteiger partial charge is 0.269 e. The van der Waals surface area contributed by atoms with Crippen LogP contribution in [0.3, 0.4) is 0 Å². The summed E-state index contributed by atoms with van der Waals surface area (Å²) in [6, 6.07) is 35.0. The van der Waals surface area contributed by atoms with Gasteiger partial charge in [0.05, 0.1) is 4.90 Å². The van der Waals surface area contributed by atoms with Gasteiger partial charge in [0.25, 0.3) is 15.9 Å². The van der Waals surface area contributed by atoms with Gasteiger partial charge in [0.1, 0.15) is 0 Å². The fourth-order valence-electron chi connectivity index (χ4n) is 4.23. The molecule has 5 heteroatoms. The van der Waals surface area contributed by atoms with Crippen molar-refractivity contribution in [3.63, 3.8) is 0 Å². The highest BCUT2D eigenvalue weighted by molar-refractivity contribution is 7.90. The van der Waals surface area contributed by atoms with E-state index in [9.17, 15) is 13.2 Å². The van der Waals surface area contributed by atoms with Crippen LogP contribution in [0.15, 0.2) is 120 Å². The Balaban J connectivity index is 1.59. The van der Waals surface area contributed by atoms with Crippen LogP contribution in [-0.2, 0) is 14.8 Å². The maximum atomic E-state index is 12.5. The van der Waals surface area contributed by atoms with Crippen LogP contribution in [0.4, 0.5) is 0 Å². The van der Waals surface area contributed by atoms with Crippen LogP contribution < -0.4 is 4.72 Å². The average Bonchev–Trinajstić information content (AvgIpc) is 2.91. The van der Waals surface area contributed by atoms with Crippen molar-refractivity contribution in [2.24, 2.45) is 0 Å². The van der Waals surface area contributed by atoms with Gasteiger partial charge in [-0.1, -0.05) is 104 Å². The lowest BCUT2D eigenvalue weighted by Gasteiger charge is -2.16. The number of rotatable bonds is 8. The van der Waals surface area contributed by atoms with Gasteiger partial charge in [-0.2, -0.15) is 0 Å². The first-order valence-corrected chi connectivity index (χ1v) is 13.6. The zero-order valence-corrected chi connectivity index (χ0v) is 21.7. The van der Waals surface area contributed by atoms with E-state index < -0.39 is 15.9 Å². The van der Waals surface area contributed by atoms with Crippen LogP contribution in [-0.4, -0.2) is 14.3 Å². The van der Waals surface area contributed by atoms with Gasteiger partial charge < -0.3 is 0 Å². The Morgan fingerprint density at radius 2 is 1.35 bits per heavy atom. The van der Waals surface area contributed by atoms with E-state index in [4.69, 9.17) is 0 Å². The van der Waals surface area contributed by atoms with Gasteiger partial charge in [0, 0.05) is 6.08 Å². The van der Waals surface area contributed by atoms with Crippen LogP contribution in [0.1, 0.15) is 41.2 Å². The van der Waals surface area contributed by atoms with Gasteiger partial charge in [-0.25, -0.2) is 13.1 Å². The highest BCUT2D eigenvalue weighted by atomic mass is 32.2. The predicted molar refractivity (Wildman–Crippen MR) is 151 cm³/mol. The number of benzene rings is 4. The minimum absolute atomic E-state index is 0.0592. The number of allylic oxidation sites excluding steroid dienone is 1. The normalized spacial score (nSPS) is 12.3. The molecule has 0 aliphatic heterocycles. The maximum Gasteiger partial charge on any atom is 0.264 e. The van der Waals surface area contributed by atoms with E-state index in [1.165, 1.54) is 29.3 Å². The van der Waals surface area contributed by atoms with Gasteiger partial charge in [-0.3, -0.25) is 4.79 Å². The number of carbonyl (C=O) groups excluding carboxylic acids is 1. The summed E-state index contributed by atoms with van der Waals surface area (Å²) in [6.45, 7) is 3.96. The quantitative estimate of drug-likeness (QED) is 0.209. The summed E-state index contributed by atoms with van der Waals surface area (Å²) in [7, 11) is -3.93. The molecule has 1 N–H and O–H groups in total. The highest BCUT2D eigenvalue weighted by Crippen LogP contribution is 2.34. The Morgan fingerprint density at radius 3 is 1.95 bits per heavy atom. The summed E-state index contributed by atoms with van der Waals surface area (Å²) in [5.74, 6) is -0.701. The molecule has 0 aromatic heterocycles. The van der Waals surface area contributed by atoms with E-state index in [0.717, 1.165) is 34.2 Å². The van der Waals surface area contributed by atoms with Crippen molar-refractivity contribution >= 4 is 33.2 Å². The molecule has 0 radical (unpaired) electrons. The molecule has 4 nitrogen and oxygen atoms in total. The van der Waals surface area contributed by atoms with E-state index in [2.05, 4.69) is 35.9 Å². The molecule has 0 aliphatic carbocycles. The van der Waals surface area contributed by atoms with Crippen LogP contribution in [0.25, 0.3) is 17.2 Å². The molecule has 0 aliphatic rings. The van der Waals surface area contributed by atoms with E-state index in [1.807, 2.05) is 60.7 Å². The first-order valence-electron chi connectivity index (χ1n) is 12.1. The van der Waals surface area contributed by atoms with E-state index in [0.29, 0.717) is 0 Å². The van der Waals surface area contributed by atoms with Crippen LogP contribution in [0.5, 0.6) is 0 Å². The monoisotopic (exact) mass is 507 g/mol. The summed E-state index contributed by atoms with van der Waals surface area (Å²) in [6.07, 6.45) is 3.71. The topological polar surface area (TPSA) is 63.2 Å². The van der Waals surface area contributed by atoms with Gasteiger partial charge in [0.2, 0.25) is 0 Å². The second-order valence-corrected chi connectivity index (χ2v) is 10.4. The number of nitrogens with one attached hydrogen (secondary N) is 1. The third-order valence-electron chi connectivity index (χ3n) is 6.00. The molecule has 37 heavy (non-hydrogen) atoms. The number of carbonyl (C=O) groups is 1. The van der Waals surface area contributed by atoms with Crippen LogP contribution in [0, 0.1) is 6.92 Å². The standard InChI is InChI=1S/C32H29NO3S/c1-3-30(26-12-6-4-7-13-26)32(27-14-8-5-9-15-27)28-20-17-25(18-21-28)19-22-31(34)33-37(35,36)29-16-10-11-24(2)23-29/h4-23H,3H2,1-2H3,(H,33,34). The molecule has 4 rings (SSSR count). The molecule has 0 saturated carbocycles. The number of hydrogen-bond acceptors (Lipinski definition) is 3. The van der Waals surface area contributed by atoms with Crippen LogP contribution >= 0.6 is 0 Å². The van der Waals surface area contributed by atoms with E-state index in [-0.39, 0.29) is 4.90 Å². The zero-order valence-electron chi connectivity index (χ0n) is 20.9. The first kappa shape index (κ1) is 25.9. The molecule has 0 fully saturated rings. The molecular weight excluding hydrogens is 478 g/mol.